The summed E-state index contributed by atoms with van der Waals surface area (Å²) in [4.78, 5) is 3.66. The average molecular weight is 307 g/mol. The molecule has 1 aromatic rings. The van der Waals surface area contributed by atoms with Crippen molar-refractivity contribution in [2.24, 2.45) is 0 Å². The van der Waals surface area contributed by atoms with Crippen molar-refractivity contribution in [1.82, 2.24) is 4.98 Å². The monoisotopic (exact) mass is 307 g/mol. The smallest absolute Gasteiger partial charge is 0.394 e. The molecule has 10 heavy (non-hydrogen) atoms. The third-order valence-corrected chi connectivity index (χ3v) is 0.517. The van der Waals surface area contributed by atoms with E-state index in [1.807, 2.05) is 26.0 Å². The molecule has 0 N–H and O–H groups in total. The van der Waals surface area contributed by atoms with Crippen molar-refractivity contribution < 1.29 is 21.1 Å². The van der Waals surface area contributed by atoms with E-state index in [-0.39, 0.29) is 28.5 Å². The molecule has 0 aromatic carbocycles. The summed E-state index contributed by atoms with van der Waals surface area (Å²) in [5.41, 5.74) is 0. The Bertz CT molecular complexity index is 81.2. The van der Waals surface area contributed by atoms with Gasteiger partial charge in [-0.05, 0) is 0 Å². The van der Waals surface area contributed by atoms with Gasteiger partial charge in [-0.3, -0.25) is 0 Å². The minimum absolute atomic E-state index is 0. The Labute approximate surface area is 78.1 Å². The van der Waals surface area contributed by atoms with Gasteiger partial charge in [-0.2, -0.15) is 18.2 Å². The van der Waals surface area contributed by atoms with Crippen LogP contribution in [0.2, 0.25) is 0 Å². The van der Waals surface area contributed by atoms with Crippen LogP contribution in [0.15, 0.2) is 24.4 Å². The Morgan fingerprint density at radius 1 is 1.20 bits per heavy atom. The maximum Gasteiger partial charge on any atom is 2.00 e. The van der Waals surface area contributed by atoms with E-state index in [2.05, 4.69) is 11.2 Å². The molecule has 1 nitrogen and oxygen atoms in total. The number of rotatable bonds is 0. The van der Waals surface area contributed by atoms with Crippen molar-refractivity contribution in [1.29, 1.82) is 0 Å². The summed E-state index contributed by atoms with van der Waals surface area (Å²) >= 11 is 0. The van der Waals surface area contributed by atoms with Gasteiger partial charge in [-0.15, -0.1) is 0 Å². The van der Waals surface area contributed by atoms with E-state index in [9.17, 15) is 0 Å². The first-order chi connectivity index (χ1) is 4.00. The summed E-state index contributed by atoms with van der Waals surface area (Å²) in [5.74, 6) is 0. The van der Waals surface area contributed by atoms with Crippen molar-refractivity contribution in [2.45, 2.75) is 13.8 Å². The first-order valence-electron chi connectivity index (χ1n) is 2.77. The number of aromatic nitrogens is 1. The Morgan fingerprint density at radius 2 is 1.80 bits per heavy atom. The topological polar surface area (TPSA) is 12.9 Å². The number of hydrogen-bond donors (Lipinski definition) is 0. The molecule has 0 spiro atoms. The van der Waals surface area contributed by atoms with E-state index in [1.165, 1.54) is 0 Å². The molecular weight excluding hydrogens is 294 g/mol. The van der Waals surface area contributed by atoms with Gasteiger partial charge in [0.25, 0.3) is 0 Å². The SMILES string of the molecule is CC.[CH3-].[W+2].[c-]1ccccn1. The number of pyridine rings is 1. The first-order valence-corrected chi connectivity index (χ1v) is 2.77. The second-order valence-corrected chi connectivity index (χ2v) is 0.959. The fourth-order valence-electron chi connectivity index (χ4n) is 0.277. The van der Waals surface area contributed by atoms with E-state index < -0.39 is 0 Å². The predicted molar refractivity (Wildman–Crippen MR) is 40.8 cm³/mol. The third kappa shape index (κ3) is 10.8. The molecule has 0 radical (unpaired) electrons. The van der Waals surface area contributed by atoms with Gasteiger partial charge in [-0.1, -0.05) is 26.2 Å². The van der Waals surface area contributed by atoms with Crippen molar-refractivity contribution >= 4 is 0 Å². The van der Waals surface area contributed by atoms with E-state index in [0.29, 0.717) is 0 Å². The zero-order valence-corrected chi connectivity index (χ0v) is 9.60. The molecule has 0 unspecified atom stereocenters. The maximum absolute atomic E-state index is 3.66. The van der Waals surface area contributed by atoms with Gasteiger partial charge in [0.2, 0.25) is 0 Å². The molecule has 0 aliphatic heterocycles. The zero-order chi connectivity index (χ0) is 6.24. The summed E-state index contributed by atoms with van der Waals surface area (Å²) in [5, 5.41) is 0. The van der Waals surface area contributed by atoms with Crippen LogP contribution in [-0.4, -0.2) is 4.98 Å². The van der Waals surface area contributed by atoms with Crippen LogP contribution in [0.3, 0.4) is 0 Å². The normalized spacial score (nSPS) is 5.40. The van der Waals surface area contributed by atoms with Gasteiger partial charge in [0.05, 0.1) is 0 Å². The quantitative estimate of drug-likeness (QED) is 0.671. The fraction of sp³-hybridized carbons (Fsp3) is 0.250. The summed E-state index contributed by atoms with van der Waals surface area (Å²) in [6, 6.07) is 5.50. The van der Waals surface area contributed by atoms with Crippen LogP contribution in [-0.2, 0) is 21.1 Å². The van der Waals surface area contributed by atoms with Crippen LogP contribution in [0, 0.1) is 13.6 Å². The zero-order valence-electron chi connectivity index (χ0n) is 6.66. The first kappa shape index (κ1) is 16.4. The van der Waals surface area contributed by atoms with E-state index in [0.717, 1.165) is 0 Å². The van der Waals surface area contributed by atoms with Crippen molar-refractivity contribution in [2.75, 3.05) is 0 Å². The van der Waals surface area contributed by atoms with Crippen LogP contribution in [0.5, 0.6) is 0 Å². The molecule has 0 fully saturated rings. The third-order valence-electron chi connectivity index (χ3n) is 0.517. The fourth-order valence-corrected chi connectivity index (χ4v) is 0.277. The van der Waals surface area contributed by atoms with Gasteiger partial charge in [0.1, 0.15) is 0 Å². The second-order valence-electron chi connectivity index (χ2n) is 0.959. The molecule has 0 saturated carbocycles. The van der Waals surface area contributed by atoms with Crippen LogP contribution in [0.4, 0.5) is 0 Å². The Kier molecular flexibility index (Phi) is 26.2. The maximum atomic E-state index is 3.66. The standard InChI is InChI=1S/C5H4N.C2H6.CH3.W/c1-2-4-6-5-3-1;1-2;;/h1-4H;1-2H3;1H3;/q-1;;-1;+2. The summed E-state index contributed by atoms with van der Waals surface area (Å²) < 4.78 is 0. The van der Waals surface area contributed by atoms with Gasteiger partial charge in [0.15, 0.2) is 0 Å². The van der Waals surface area contributed by atoms with Crippen molar-refractivity contribution in [3.8, 4) is 0 Å². The van der Waals surface area contributed by atoms with Crippen molar-refractivity contribution in [3.05, 3.63) is 38.0 Å². The number of hydrogen-bond acceptors (Lipinski definition) is 1. The number of nitrogens with zero attached hydrogens (tertiary/aromatic N) is 1. The minimum Gasteiger partial charge on any atom is -0.394 e. The second kappa shape index (κ2) is 15.9. The average Bonchev–Trinajstić information content (AvgIpc) is 1.96. The molecule has 1 aromatic heterocycles. The molecule has 1 heterocycles. The molecular formula is C8H13NW. The molecule has 0 aliphatic rings. The van der Waals surface area contributed by atoms with E-state index >= 15 is 0 Å². The Balaban J connectivity index is -0.000000114. The largest absolute Gasteiger partial charge is 2.00 e. The Hall–Kier alpha value is -0.162. The van der Waals surface area contributed by atoms with Crippen LogP contribution < -0.4 is 0 Å². The van der Waals surface area contributed by atoms with Gasteiger partial charge < -0.3 is 12.4 Å². The van der Waals surface area contributed by atoms with Crippen LogP contribution in [0.25, 0.3) is 0 Å². The molecule has 1 rings (SSSR count). The van der Waals surface area contributed by atoms with Crippen LogP contribution >= 0.6 is 0 Å². The van der Waals surface area contributed by atoms with E-state index in [4.69, 9.17) is 0 Å². The van der Waals surface area contributed by atoms with E-state index in [1.54, 1.807) is 12.3 Å². The molecule has 0 bridgehead atoms. The van der Waals surface area contributed by atoms with Crippen LogP contribution in [0.1, 0.15) is 13.8 Å². The summed E-state index contributed by atoms with van der Waals surface area (Å²) in [7, 11) is 0. The molecule has 0 aliphatic carbocycles. The predicted octanol–water partition coefficient (Wildman–Crippen LogP) is 2.36. The summed E-state index contributed by atoms with van der Waals surface area (Å²) in [6.45, 7) is 4.00. The summed E-state index contributed by atoms with van der Waals surface area (Å²) in [6.07, 6.45) is 4.34. The molecule has 0 saturated heterocycles. The van der Waals surface area contributed by atoms with Gasteiger partial charge >= 0.3 is 21.1 Å². The molecule has 56 valence electrons. The minimum atomic E-state index is 0. The molecule has 0 amide bonds. The van der Waals surface area contributed by atoms with Gasteiger partial charge in [-0.25, -0.2) is 0 Å². The van der Waals surface area contributed by atoms with Crippen molar-refractivity contribution in [3.63, 3.8) is 0 Å². The van der Waals surface area contributed by atoms with Gasteiger partial charge in [0, 0.05) is 0 Å². The molecule has 0 atom stereocenters. The molecule has 2 heteroatoms. The Morgan fingerprint density at radius 3 is 1.90 bits per heavy atom.